The number of fused-ring (bicyclic) bond motifs is 1. The van der Waals surface area contributed by atoms with Gasteiger partial charge in [0.25, 0.3) is 0 Å². The maximum Gasteiger partial charge on any atom is 0.331 e. The molecule has 9 nitrogen and oxygen atoms in total. The Morgan fingerprint density at radius 1 is 1.24 bits per heavy atom. The third kappa shape index (κ3) is 4.28. The summed E-state index contributed by atoms with van der Waals surface area (Å²) in [7, 11) is 0. The first-order valence-electron chi connectivity index (χ1n) is 11.2. The van der Waals surface area contributed by atoms with Gasteiger partial charge in [-0.05, 0) is 36.3 Å². The van der Waals surface area contributed by atoms with Gasteiger partial charge in [0.05, 0.1) is 12.0 Å². The number of hydrogen-bond donors (Lipinski definition) is 3. The first kappa shape index (κ1) is 21.4. The summed E-state index contributed by atoms with van der Waals surface area (Å²) in [6.45, 7) is 1.00. The summed E-state index contributed by atoms with van der Waals surface area (Å²) in [4.78, 5) is 39.7. The van der Waals surface area contributed by atoms with Crippen molar-refractivity contribution in [1.82, 2.24) is 20.3 Å². The predicted octanol–water partition coefficient (Wildman–Crippen LogP) is 1.78. The van der Waals surface area contributed by atoms with Crippen LogP contribution in [0.25, 0.3) is 11.0 Å². The van der Waals surface area contributed by atoms with E-state index in [1.807, 2.05) is 42.6 Å². The monoisotopic (exact) mass is 449 g/mol. The normalized spacial score (nSPS) is 19.9. The van der Waals surface area contributed by atoms with Crippen molar-refractivity contribution in [2.45, 2.75) is 31.9 Å². The lowest BCUT2D eigenvalue weighted by atomic mass is 9.81. The molecule has 1 aliphatic carbocycles. The van der Waals surface area contributed by atoms with Crippen molar-refractivity contribution >= 4 is 28.7 Å². The van der Waals surface area contributed by atoms with Crippen molar-refractivity contribution in [3.05, 3.63) is 54.5 Å². The molecule has 1 spiro atoms. The second-order valence-corrected chi connectivity index (χ2v) is 8.90. The minimum absolute atomic E-state index is 0.0981. The van der Waals surface area contributed by atoms with Gasteiger partial charge in [-0.1, -0.05) is 30.3 Å². The van der Waals surface area contributed by atoms with Gasteiger partial charge >= 0.3 is 5.97 Å². The van der Waals surface area contributed by atoms with Crippen LogP contribution in [0.2, 0.25) is 0 Å². The van der Waals surface area contributed by atoms with Crippen LogP contribution in [0.3, 0.4) is 0 Å². The SMILES string of the molecule is O=C(N[C@H](CO)C(=O)OCc1ccccc1)[C@H]1CCN(c2ncnc3[nH]ccc23)CC12CC2. The predicted molar refractivity (Wildman–Crippen MR) is 121 cm³/mol. The largest absolute Gasteiger partial charge is 0.459 e. The van der Waals surface area contributed by atoms with Gasteiger partial charge in [-0.25, -0.2) is 14.8 Å². The van der Waals surface area contributed by atoms with Crippen molar-refractivity contribution < 1.29 is 19.4 Å². The van der Waals surface area contributed by atoms with E-state index in [0.29, 0.717) is 13.0 Å². The van der Waals surface area contributed by atoms with E-state index in [1.165, 1.54) is 0 Å². The molecule has 3 N–H and O–H groups in total. The third-order valence-electron chi connectivity index (χ3n) is 6.78. The minimum atomic E-state index is -1.07. The second-order valence-electron chi connectivity index (χ2n) is 8.90. The van der Waals surface area contributed by atoms with Crippen LogP contribution in [-0.2, 0) is 20.9 Å². The molecule has 1 saturated carbocycles. The number of carbonyl (C=O) groups excluding carboxylic acids is 2. The number of amides is 1. The molecular weight excluding hydrogens is 422 g/mol. The Kier molecular flexibility index (Phi) is 5.72. The van der Waals surface area contributed by atoms with Gasteiger partial charge in [0.1, 0.15) is 24.4 Å². The van der Waals surface area contributed by atoms with Crippen LogP contribution in [-0.4, -0.2) is 57.7 Å². The Morgan fingerprint density at radius 3 is 2.82 bits per heavy atom. The summed E-state index contributed by atoms with van der Waals surface area (Å²) in [6.07, 6.45) is 5.95. The van der Waals surface area contributed by atoms with Gasteiger partial charge < -0.3 is 25.0 Å². The number of esters is 1. The molecule has 0 bridgehead atoms. The Morgan fingerprint density at radius 2 is 2.06 bits per heavy atom. The summed E-state index contributed by atoms with van der Waals surface area (Å²) < 4.78 is 5.31. The van der Waals surface area contributed by atoms with Crippen LogP contribution < -0.4 is 10.2 Å². The average Bonchev–Trinajstić information content (AvgIpc) is 3.42. The molecule has 0 unspecified atom stereocenters. The van der Waals surface area contributed by atoms with Crippen molar-refractivity contribution in [2.24, 2.45) is 11.3 Å². The van der Waals surface area contributed by atoms with Crippen LogP contribution in [0.5, 0.6) is 0 Å². The molecule has 9 heteroatoms. The van der Waals surface area contributed by atoms with Crippen molar-refractivity contribution in [3.8, 4) is 0 Å². The zero-order valence-electron chi connectivity index (χ0n) is 18.2. The van der Waals surface area contributed by atoms with Crippen LogP contribution in [0.1, 0.15) is 24.8 Å². The number of hydrogen-bond acceptors (Lipinski definition) is 7. The number of piperidine rings is 1. The minimum Gasteiger partial charge on any atom is -0.459 e. The number of anilines is 1. The number of H-pyrrole nitrogens is 1. The van der Waals surface area contributed by atoms with Gasteiger partial charge in [0.2, 0.25) is 5.91 Å². The number of aromatic nitrogens is 3. The molecule has 3 heterocycles. The Hall–Kier alpha value is -3.46. The molecule has 1 amide bonds. The van der Waals surface area contributed by atoms with E-state index in [-0.39, 0.29) is 23.8 Å². The quantitative estimate of drug-likeness (QED) is 0.470. The van der Waals surface area contributed by atoms with Crippen LogP contribution in [0, 0.1) is 11.3 Å². The molecule has 1 aromatic carbocycles. The maximum atomic E-state index is 13.1. The Labute approximate surface area is 191 Å². The summed E-state index contributed by atoms with van der Waals surface area (Å²) in [6, 6.07) is 10.2. The van der Waals surface area contributed by atoms with E-state index in [9.17, 15) is 14.7 Å². The molecule has 2 fully saturated rings. The van der Waals surface area contributed by atoms with E-state index in [4.69, 9.17) is 4.74 Å². The molecule has 1 aliphatic heterocycles. The van der Waals surface area contributed by atoms with E-state index in [0.717, 1.165) is 41.8 Å². The smallest absolute Gasteiger partial charge is 0.331 e. The molecule has 0 radical (unpaired) electrons. The number of aliphatic hydroxyl groups is 1. The van der Waals surface area contributed by atoms with E-state index < -0.39 is 18.6 Å². The molecule has 1 saturated heterocycles. The van der Waals surface area contributed by atoms with Gasteiger partial charge in [-0.2, -0.15) is 0 Å². The van der Waals surface area contributed by atoms with E-state index in [1.54, 1.807) is 6.33 Å². The first-order valence-corrected chi connectivity index (χ1v) is 11.2. The number of aliphatic hydroxyl groups excluding tert-OH is 1. The number of benzene rings is 1. The fourth-order valence-corrected chi connectivity index (χ4v) is 4.81. The number of carbonyl (C=O) groups is 2. The Balaban J connectivity index is 1.22. The molecule has 33 heavy (non-hydrogen) atoms. The lowest BCUT2D eigenvalue weighted by molar-refractivity contribution is -0.151. The van der Waals surface area contributed by atoms with Gasteiger partial charge in [-0.15, -0.1) is 0 Å². The zero-order valence-corrected chi connectivity index (χ0v) is 18.2. The molecule has 3 aromatic rings. The summed E-state index contributed by atoms with van der Waals surface area (Å²) >= 11 is 0. The molecule has 2 atom stereocenters. The molecular formula is C24H27N5O4. The zero-order chi connectivity index (χ0) is 22.8. The molecule has 5 rings (SSSR count). The maximum absolute atomic E-state index is 13.1. The first-order chi connectivity index (χ1) is 16.1. The highest BCUT2D eigenvalue weighted by atomic mass is 16.5. The third-order valence-corrected chi connectivity index (χ3v) is 6.78. The van der Waals surface area contributed by atoms with Gasteiger partial charge in [0, 0.05) is 25.2 Å². The highest BCUT2D eigenvalue weighted by molar-refractivity contribution is 5.89. The number of ether oxygens (including phenoxy) is 1. The van der Waals surface area contributed by atoms with Crippen molar-refractivity contribution in [2.75, 3.05) is 24.6 Å². The fourth-order valence-electron chi connectivity index (χ4n) is 4.81. The molecule has 2 aliphatic rings. The number of aromatic amines is 1. The highest BCUT2D eigenvalue weighted by Gasteiger charge is 2.55. The highest BCUT2D eigenvalue weighted by Crippen LogP contribution is 2.56. The van der Waals surface area contributed by atoms with Crippen LogP contribution >= 0.6 is 0 Å². The lowest BCUT2D eigenvalue weighted by Crippen LogP contribution is -2.52. The Bertz CT molecular complexity index is 1140. The number of rotatable bonds is 7. The molecule has 172 valence electrons. The van der Waals surface area contributed by atoms with Gasteiger partial charge in [-0.3, -0.25) is 4.79 Å². The topological polar surface area (TPSA) is 120 Å². The summed E-state index contributed by atoms with van der Waals surface area (Å²) in [5.41, 5.74) is 1.51. The summed E-state index contributed by atoms with van der Waals surface area (Å²) in [5.74, 6) is -0.164. The van der Waals surface area contributed by atoms with Crippen LogP contribution in [0.4, 0.5) is 5.82 Å². The average molecular weight is 450 g/mol. The van der Waals surface area contributed by atoms with E-state index >= 15 is 0 Å². The summed E-state index contributed by atoms with van der Waals surface area (Å²) in [5, 5.41) is 13.4. The van der Waals surface area contributed by atoms with Crippen molar-refractivity contribution in [1.29, 1.82) is 0 Å². The number of nitrogens with one attached hydrogen (secondary N) is 2. The second kappa shape index (κ2) is 8.82. The van der Waals surface area contributed by atoms with Crippen molar-refractivity contribution in [3.63, 3.8) is 0 Å². The van der Waals surface area contributed by atoms with E-state index in [2.05, 4.69) is 25.2 Å². The van der Waals surface area contributed by atoms with Gasteiger partial charge in [0.15, 0.2) is 6.04 Å². The van der Waals surface area contributed by atoms with Crippen LogP contribution in [0.15, 0.2) is 48.9 Å². The lowest BCUT2D eigenvalue weighted by Gasteiger charge is -2.39. The standard InChI is InChI=1S/C24H27N5O4/c30-12-19(23(32)33-13-16-4-2-1-3-5-16)28-22(31)18-7-11-29(14-24(18)8-9-24)21-17-6-10-25-20(17)26-15-27-21/h1-6,10,15,18-19,30H,7-9,11-14H2,(H,28,31)(H,25,26,27)/t18-,19-/m1/s1. The molecule has 2 aromatic heterocycles. The fraction of sp³-hybridized carbons (Fsp3) is 0.417. The number of nitrogens with zero attached hydrogens (tertiary/aromatic N) is 3.